The lowest BCUT2D eigenvalue weighted by molar-refractivity contribution is -0.167. The first-order chi connectivity index (χ1) is 38.0. The fraction of sp³-hybridized carbons (Fsp3) is 0.817. The minimum absolute atomic E-state index is 0.0923. The van der Waals surface area contributed by atoms with Crippen LogP contribution in [0, 0.1) is 0 Å². The predicted octanol–water partition coefficient (Wildman–Crippen LogP) is 23.1. The van der Waals surface area contributed by atoms with E-state index in [0.29, 0.717) is 19.3 Å². The number of allylic oxidation sites excluding steroid dienone is 10. The molecule has 0 rings (SSSR count). The Morgan fingerprint density at radius 2 is 0.481 bits per heavy atom. The molecule has 0 aliphatic heterocycles. The maximum Gasteiger partial charge on any atom is 0.306 e. The molecule has 0 aliphatic rings. The van der Waals surface area contributed by atoms with E-state index in [1.807, 2.05) is 0 Å². The molecule has 0 atom stereocenters. The van der Waals surface area contributed by atoms with Crippen molar-refractivity contribution >= 4 is 17.9 Å². The number of unbranched alkanes of at least 4 members (excludes halogenated alkanes) is 41. The summed E-state index contributed by atoms with van der Waals surface area (Å²) in [5.74, 6) is -0.927. The molecule has 0 aliphatic carbocycles. The highest BCUT2D eigenvalue weighted by Crippen LogP contribution is 2.17. The normalized spacial score (nSPS) is 12.1. The highest BCUT2D eigenvalue weighted by atomic mass is 16.6. The Bertz CT molecular complexity index is 1310. The van der Waals surface area contributed by atoms with Gasteiger partial charge in [-0.05, 0) is 103 Å². The van der Waals surface area contributed by atoms with Crippen molar-refractivity contribution < 1.29 is 28.6 Å². The molecule has 0 bridgehead atoms. The first kappa shape index (κ1) is 74.1. The molecule has 0 unspecified atom stereocenters. The molecular formula is C71H128O6. The van der Waals surface area contributed by atoms with Gasteiger partial charge in [0.15, 0.2) is 6.10 Å². The van der Waals surface area contributed by atoms with Crippen molar-refractivity contribution in [1.29, 1.82) is 0 Å². The molecule has 0 spiro atoms. The minimum Gasteiger partial charge on any atom is -0.462 e. The first-order valence-corrected chi connectivity index (χ1v) is 33.8. The Labute approximate surface area is 479 Å². The van der Waals surface area contributed by atoms with Crippen LogP contribution in [-0.4, -0.2) is 37.2 Å². The molecule has 0 aromatic carbocycles. The fourth-order valence-corrected chi connectivity index (χ4v) is 9.86. The van der Waals surface area contributed by atoms with Gasteiger partial charge in [-0.15, -0.1) is 0 Å². The zero-order valence-electron chi connectivity index (χ0n) is 51.5. The van der Waals surface area contributed by atoms with Gasteiger partial charge in [-0.2, -0.15) is 0 Å². The van der Waals surface area contributed by atoms with Crippen LogP contribution in [0.15, 0.2) is 60.8 Å². The molecule has 6 nitrogen and oxygen atoms in total. The third-order valence-electron chi connectivity index (χ3n) is 15.0. The lowest BCUT2D eigenvalue weighted by atomic mass is 10.0. The summed E-state index contributed by atoms with van der Waals surface area (Å²) in [6, 6.07) is 0. The van der Waals surface area contributed by atoms with Gasteiger partial charge >= 0.3 is 17.9 Å². The van der Waals surface area contributed by atoms with Gasteiger partial charge in [-0.3, -0.25) is 14.4 Å². The second-order valence-electron chi connectivity index (χ2n) is 22.7. The lowest BCUT2D eigenvalue weighted by Gasteiger charge is -2.18. The van der Waals surface area contributed by atoms with Crippen molar-refractivity contribution in [2.45, 2.75) is 361 Å². The number of esters is 3. The van der Waals surface area contributed by atoms with Crippen molar-refractivity contribution in [2.24, 2.45) is 0 Å². The van der Waals surface area contributed by atoms with E-state index in [1.165, 1.54) is 250 Å². The first-order valence-electron chi connectivity index (χ1n) is 33.8. The van der Waals surface area contributed by atoms with Crippen LogP contribution in [0.1, 0.15) is 355 Å². The highest BCUT2D eigenvalue weighted by Gasteiger charge is 2.19. The largest absolute Gasteiger partial charge is 0.462 e. The Morgan fingerprint density at radius 3 is 0.779 bits per heavy atom. The molecule has 0 radical (unpaired) electrons. The van der Waals surface area contributed by atoms with E-state index >= 15 is 0 Å². The number of carbonyl (C=O) groups is 3. The monoisotopic (exact) mass is 1080 g/mol. The smallest absolute Gasteiger partial charge is 0.306 e. The van der Waals surface area contributed by atoms with Crippen LogP contribution in [0.4, 0.5) is 0 Å². The van der Waals surface area contributed by atoms with Crippen molar-refractivity contribution in [1.82, 2.24) is 0 Å². The van der Waals surface area contributed by atoms with Crippen LogP contribution in [0.25, 0.3) is 0 Å². The van der Waals surface area contributed by atoms with E-state index in [1.54, 1.807) is 0 Å². The van der Waals surface area contributed by atoms with Gasteiger partial charge in [0.25, 0.3) is 0 Å². The molecule has 0 aromatic heterocycles. The van der Waals surface area contributed by atoms with Gasteiger partial charge in [0.2, 0.25) is 0 Å². The molecule has 448 valence electrons. The van der Waals surface area contributed by atoms with Crippen LogP contribution in [0.2, 0.25) is 0 Å². The second-order valence-corrected chi connectivity index (χ2v) is 22.7. The van der Waals surface area contributed by atoms with E-state index in [4.69, 9.17) is 14.2 Å². The van der Waals surface area contributed by atoms with Crippen LogP contribution >= 0.6 is 0 Å². The molecule has 0 heterocycles. The second kappa shape index (κ2) is 65.6. The average molecular weight is 1080 g/mol. The average Bonchev–Trinajstić information content (AvgIpc) is 3.43. The summed E-state index contributed by atoms with van der Waals surface area (Å²) >= 11 is 0. The van der Waals surface area contributed by atoms with Gasteiger partial charge in [0.05, 0.1) is 0 Å². The number of hydrogen-bond acceptors (Lipinski definition) is 6. The summed E-state index contributed by atoms with van der Waals surface area (Å²) in [4.78, 5) is 38.4. The summed E-state index contributed by atoms with van der Waals surface area (Å²) in [5, 5.41) is 0. The number of rotatable bonds is 62. The summed E-state index contributed by atoms with van der Waals surface area (Å²) in [6.45, 7) is 6.64. The van der Waals surface area contributed by atoms with Crippen LogP contribution in [-0.2, 0) is 28.6 Å². The molecule has 77 heavy (non-hydrogen) atoms. The highest BCUT2D eigenvalue weighted by molar-refractivity contribution is 5.71. The summed E-state index contributed by atoms with van der Waals surface area (Å²) in [7, 11) is 0. The van der Waals surface area contributed by atoms with Crippen molar-refractivity contribution in [3.05, 3.63) is 60.8 Å². The van der Waals surface area contributed by atoms with Crippen LogP contribution in [0.5, 0.6) is 0 Å². The zero-order valence-corrected chi connectivity index (χ0v) is 51.5. The van der Waals surface area contributed by atoms with E-state index in [0.717, 1.165) is 57.8 Å². The topological polar surface area (TPSA) is 78.9 Å². The molecule has 6 heteroatoms. The Morgan fingerprint density at radius 1 is 0.260 bits per heavy atom. The van der Waals surface area contributed by atoms with E-state index in [2.05, 4.69) is 81.5 Å². The zero-order chi connectivity index (χ0) is 55.7. The van der Waals surface area contributed by atoms with Crippen molar-refractivity contribution in [3.8, 4) is 0 Å². The molecule has 0 amide bonds. The van der Waals surface area contributed by atoms with Gasteiger partial charge < -0.3 is 14.2 Å². The van der Waals surface area contributed by atoms with Crippen LogP contribution < -0.4 is 0 Å². The lowest BCUT2D eigenvalue weighted by Crippen LogP contribution is -2.30. The quantitative estimate of drug-likeness (QED) is 0.0261. The SMILES string of the molecule is CCCCCCCC/C=C\C/C=C\C/C=C\CCCC(=O)OC(COC(=O)CCCCCCCCCCCCC/C=C\CCCCCCCC)COC(=O)CCCCCCCCCCCCC/C=C\CCCCCCCC. The summed E-state index contributed by atoms with van der Waals surface area (Å²) in [5.41, 5.74) is 0. The van der Waals surface area contributed by atoms with E-state index in [9.17, 15) is 14.4 Å². The minimum atomic E-state index is -0.802. The molecule has 0 fully saturated rings. The third-order valence-corrected chi connectivity index (χ3v) is 15.0. The van der Waals surface area contributed by atoms with Crippen molar-refractivity contribution in [3.63, 3.8) is 0 Å². The number of hydrogen-bond donors (Lipinski definition) is 0. The maximum atomic E-state index is 12.9. The van der Waals surface area contributed by atoms with Crippen LogP contribution in [0.3, 0.4) is 0 Å². The summed E-state index contributed by atoms with van der Waals surface area (Å²) < 4.78 is 16.9. The standard InChI is InChI=1S/C71H128O6/c1-4-7-10-13-16-19-22-25-28-31-33-35-37-40-42-45-48-51-54-57-60-63-69(72)75-66-68(77-71(74)65-62-59-56-53-50-47-44-39-30-27-24-21-18-15-12-9-6-3)67-76-70(73)64-61-58-55-52-49-46-43-41-38-36-34-32-29-26-23-20-17-14-11-8-5-2/h25-30,44,47,53,56,68H,4-24,31-43,45-46,48-52,54-55,57-67H2,1-3H3/b28-25-,29-26-,30-27-,47-44-,56-53-. The van der Waals surface area contributed by atoms with E-state index < -0.39 is 6.10 Å². The predicted molar refractivity (Wildman–Crippen MR) is 335 cm³/mol. The molecular weight excluding hydrogens is 949 g/mol. The Balaban J connectivity index is 4.38. The number of carbonyl (C=O) groups excluding carboxylic acids is 3. The van der Waals surface area contributed by atoms with Crippen molar-refractivity contribution in [2.75, 3.05) is 13.2 Å². The maximum absolute atomic E-state index is 12.9. The van der Waals surface area contributed by atoms with E-state index in [-0.39, 0.29) is 37.5 Å². The third kappa shape index (κ3) is 63.8. The molecule has 0 saturated heterocycles. The van der Waals surface area contributed by atoms with Gasteiger partial charge in [-0.25, -0.2) is 0 Å². The molecule has 0 aromatic rings. The van der Waals surface area contributed by atoms with Gasteiger partial charge in [0.1, 0.15) is 13.2 Å². The fourth-order valence-electron chi connectivity index (χ4n) is 9.86. The van der Waals surface area contributed by atoms with Gasteiger partial charge in [0, 0.05) is 19.3 Å². The van der Waals surface area contributed by atoms with Gasteiger partial charge in [-0.1, -0.05) is 293 Å². The molecule has 0 saturated carbocycles. The molecule has 0 N–H and O–H groups in total. The number of ether oxygens (including phenoxy) is 3. The Hall–Kier alpha value is -2.89. The summed E-state index contributed by atoms with van der Waals surface area (Å²) in [6.07, 6.45) is 83.8. The Kier molecular flexibility index (Phi) is 63.2.